The van der Waals surface area contributed by atoms with Crippen LogP contribution in [0.5, 0.6) is 0 Å². The highest BCUT2D eigenvalue weighted by atomic mass is 79.9. The van der Waals surface area contributed by atoms with Gasteiger partial charge in [0.15, 0.2) is 0 Å². The molecule has 0 radical (unpaired) electrons. The zero-order chi connectivity index (χ0) is 13.1. The van der Waals surface area contributed by atoms with Gasteiger partial charge in [-0.25, -0.2) is 0 Å². The standard InChI is InChI=1S/C14H19N3O.BrH/c1-3-4-9-16-12-7-5-6-8-13(12)17(14(16)15)10-11(2)18;/h5-8,15H,3-4,9-10H2,1-2H3;1H. The molecule has 0 aliphatic heterocycles. The van der Waals surface area contributed by atoms with Gasteiger partial charge in [0.1, 0.15) is 5.78 Å². The van der Waals surface area contributed by atoms with Gasteiger partial charge in [-0.05, 0) is 25.5 Å². The number of ketones is 1. The molecule has 2 aromatic rings. The molecule has 0 saturated heterocycles. The van der Waals surface area contributed by atoms with Crippen molar-refractivity contribution in [2.24, 2.45) is 0 Å². The number of nitrogens with one attached hydrogen (secondary N) is 1. The van der Waals surface area contributed by atoms with Crippen molar-refractivity contribution in [3.8, 4) is 0 Å². The predicted molar refractivity (Wildman–Crippen MR) is 81.7 cm³/mol. The summed E-state index contributed by atoms with van der Waals surface area (Å²) in [6, 6.07) is 7.91. The molecule has 0 atom stereocenters. The van der Waals surface area contributed by atoms with Gasteiger partial charge in [-0.15, -0.1) is 17.0 Å². The quantitative estimate of drug-likeness (QED) is 0.902. The second-order valence-electron chi connectivity index (χ2n) is 4.61. The van der Waals surface area contributed by atoms with Crippen LogP contribution in [0.1, 0.15) is 26.7 Å². The Hall–Kier alpha value is -1.36. The van der Waals surface area contributed by atoms with Crippen molar-refractivity contribution in [3.63, 3.8) is 0 Å². The van der Waals surface area contributed by atoms with E-state index in [0.29, 0.717) is 5.62 Å². The summed E-state index contributed by atoms with van der Waals surface area (Å²) in [5.41, 5.74) is 2.42. The first-order valence-corrected chi connectivity index (χ1v) is 6.37. The van der Waals surface area contributed by atoms with Gasteiger partial charge < -0.3 is 9.13 Å². The molecule has 2 rings (SSSR count). The van der Waals surface area contributed by atoms with E-state index >= 15 is 0 Å². The van der Waals surface area contributed by atoms with Crippen molar-refractivity contribution in [1.29, 1.82) is 5.41 Å². The molecule has 0 unspecified atom stereocenters. The SMILES string of the molecule is Br.CCCCn1c(=N)n(CC(C)=O)c2ccccc21. The van der Waals surface area contributed by atoms with E-state index in [4.69, 9.17) is 5.41 Å². The molecular formula is C14H20BrN3O. The van der Waals surface area contributed by atoms with Crippen LogP contribution in [0.15, 0.2) is 24.3 Å². The van der Waals surface area contributed by atoms with Gasteiger partial charge in [0.2, 0.25) is 5.62 Å². The fourth-order valence-electron chi connectivity index (χ4n) is 2.22. The second kappa shape index (κ2) is 6.70. The Labute approximate surface area is 123 Å². The number of imidazole rings is 1. The lowest BCUT2D eigenvalue weighted by Gasteiger charge is -2.02. The van der Waals surface area contributed by atoms with Gasteiger partial charge in [-0.1, -0.05) is 25.5 Å². The summed E-state index contributed by atoms with van der Waals surface area (Å²) in [6.07, 6.45) is 2.14. The number of Topliss-reactive ketones (excluding diaryl/α,β-unsaturated/α-hetero) is 1. The molecule has 4 nitrogen and oxygen atoms in total. The maximum Gasteiger partial charge on any atom is 0.203 e. The third kappa shape index (κ3) is 3.15. The molecule has 0 aliphatic rings. The lowest BCUT2D eigenvalue weighted by Crippen LogP contribution is -2.26. The van der Waals surface area contributed by atoms with Crippen molar-refractivity contribution in [2.75, 3.05) is 0 Å². The molecule has 19 heavy (non-hydrogen) atoms. The lowest BCUT2D eigenvalue weighted by atomic mass is 10.3. The molecule has 1 aromatic heterocycles. The van der Waals surface area contributed by atoms with E-state index in [1.807, 2.05) is 28.8 Å². The van der Waals surface area contributed by atoms with Crippen molar-refractivity contribution in [2.45, 2.75) is 39.8 Å². The van der Waals surface area contributed by atoms with E-state index in [0.717, 1.165) is 30.4 Å². The lowest BCUT2D eigenvalue weighted by molar-refractivity contribution is -0.117. The number of halogens is 1. The van der Waals surface area contributed by atoms with Crippen molar-refractivity contribution in [1.82, 2.24) is 9.13 Å². The number of fused-ring (bicyclic) bond motifs is 1. The number of para-hydroxylation sites is 2. The molecule has 1 heterocycles. The minimum Gasteiger partial charge on any atom is -0.310 e. The fourth-order valence-corrected chi connectivity index (χ4v) is 2.22. The van der Waals surface area contributed by atoms with Crippen molar-refractivity contribution < 1.29 is 4.79 Å². The Bertz CT molecular complexity index is 627. The van der Waals surface area contributed by atoms with Crippen LogP contribution in [0.3, 0.4) is 0 Å². The number of hydrogen-bond donors (Lipinski definition) is 1. The van der Waals surface area contributed by atoms with Gasteiger partial charge in [-0.2, -0.15) is 0 Å². The van der Waals surface area contributed by atoms with E-state index < -0.39 is 0 Å². The van der Waals surface area contributed by atoms with Gasteiger partial charge in [-0.3, -0.25) is 10.2 Å². The van der Waals surface area contributed by atoms with Crippen LogP contribution >= 0.6 is 17.0 Å². The summed E-state index contributed by atoms with van der Waals surface area (Å²) in [4.78, 5) is 11.3. The van der Waals surface area contributed by atoms with E-state index in [2.05, 4.69) is 6.92 Å². The Balaban J connectivity index is 0.00000180. The van der Waals surface area contributed by atoms with Crippen LogP contribution in [0.2, 0.25) is 0 Å². The fraction of sp³-hybridized carbons (Fsp3) is 0.429. The van der Waals surface area contributed by atoms with Gasteiger partial charge in [0.25, 0.3) is 0 Å². The van der Waals surface area contributed by atoms with Crippen LogP contribution in [-0.4, -0.2) is 14.9 Å². The van der Waals surface area contributed by atoms with Gasteiger partial charge in [0, 0.05) is 6.54 Å². The number of rotatable bonds is 5. The monoisotopic (exact) mass is 325 g/mol. The Morgan fingerprint density at radius 2 is 1.79 bits per heavy atom. The Morgan fingerprint density at radius 1 is 1.21 bits per heavy atom. The molecule has 5 heteroatoms. The van der Waals surface area contributed by atoms with Crippen LogP contribution < -0.4 is 5.62 Å². The maximum absolute atomic E-state index is 11.3. The zero-order valence-electron chi connectivity index (χ0n) is 11.3. The molecule has 1 N–H and O–H groups in total. The number of benzene rings is 1. The van der Waals surface area contributed by atoms with Crippen LogP contribution in [0.4, 0.5) is 0 Å². The minimum atomic E-state index is 0. The molecule has 0 fully saturated rings. The zero-order valence-corrected chi connectivity index (χ0v) is 13.1. The van der Waals surface area contributed by atoms with Crippen molar-refractivity contribution in [3.05, 3.63) is 29.9 Å². The number of aromatic nitrogens is 2. The average Bonchev–Trinajstić information content (AvgIpc) is 2.60. The molecule has 0 saturated carbocycles. The minimum absolute atomic E-state index is 0. The highest BCUT2D eigenvalue weighted by molar-refractivity contribution is 8.93. The number of hydrogen-bond acceptors (Lipinski definition) is 2. The molecule has 0 bridgehead atoms. The summed E-state index contributed by atoms with van der Waals surface area (Å²) in [6.45, 7) is 4.81. The number of nitrogens with zero attached hydrogens (tertiary/aromatic N) is 2. The molecule has 0 aliphatic carbocycles. The summed E-state index contributed by atoms with van der Waals surface area (Å²) in [5.74, 6) is 0.0758. The third-order valence-corrected chi connectivity index (χ3v) is 3.09. The number of aryl methyl sites for hydroxylation is 1. The number of carbonyl (C=O) groups is 1. The average molecular weight is 326 g/mol. The second-order valence-corrected chi connectivity index (χ2v) is 4.61. The van der Waals surface area contributed by atoms with E-state index in [9.17, 15) is 4.79 Å². The summed E-state index contributed by atoms with van der Waals surface area (Å²) in [5, 5.41) is 8.22. The van der Waals surface area contributed by atoms with Crippen molar-refractivity contribution >= 4 is 33.8 Å². The first-order chi connectivity index (χ1) is 8.65. The Morgan fingerprint density at radius 3 is 2.32 bits per heavy atom. The normalized spacial score (nSPS) is 10.4. The van der Waals surface area contributed by atoms with E-state index in [1.54, 1.807) is 11.5 Å². The van der Waals surface area contributed by atoms with E-state index in [1.165, 1.54) is 0 Å². The smallest absolute Gasteiger partial charge is 0.203 e. The van der Waals surface area contributed by atoms with Gasteiger partial charge in [0.05, 0.1) is 17.6 Å². The van der Waals surface area contributed by atoms with Gasteiger partial charge >= 0.3 is 0 Å². The first-order valence-electron chi connectivity index (χ1n) is 6.37. The topological polar surface area (TPSA) is 50.8 Å². The van der Waals surface area contributed by atoms with Crippen LogP contribution in [0.25, 0.3) is 11.0 Å². The highest BCUT2D eigenvalue weighted by Crippen LogP contribution is 2.13. The highest BCUT2D eigenvalue weighted by Gasteiger charge is 2.10. The number of carbonyl (C=O) groups excluding carboxylic acids is 1. The van der Waals surface area contributed by atoms with Crippen LogP contribution in [0, 0.1) is 5.41 Å². The third-order valence-electron chi connectivity index (χ3n) is 3.09. The summed E-state index contributed by atoms with van der Waals surface area (Å²) in [7, 11) is 0. The summed E-state index contributed by atoms with van der Waals surface area (Å²) >= 11 is 0. The Kier molecular flexibility index (Phi) is 5.54. The molecule has 0 spiro atoms. The maximum atomic E-state index is 11.3. The first kappa shape index (κ1) is 15.7. The van der Waals surface area contributed by atoms with Crippen LogP contribution in [-0.2, 0) is 17.9 Å². The number of unbranched alkanes of at least 4 members (excludes halogenated alkanes) is 1. The summed E-state index contributed by atoms with van der Waals surface area (Å²) < 4.78 is 3.77. The molecule has 0 amide bonds. The molecule has 104 valence electrons. The molecule has 1 aromatic carbocycles. The molecular weight excluding hydrogens is 306 g/mol. The largest absolute Gasteiger partial charge is 0.310 e. The predicted octanol–water partition coefficient (Wildman–Crippen LogP) is 2.89. The van der Waals surface area contributed by atoms with E-state index in [-0.39, 0.29) is 29.3 Å².